The molecule has 2 atom stereocenters. The van der Waals surface area contributed by atoms with E-state index >= 15 is 0 Å². The van der Waals surface area contributed by atoms with Gasteiger partial charge in [0.2, 0.25) is 11.8 Å². The van der Waals surface area contributed by atoms with Crippen LogP contribution in [-0.2, 0) is 16.1 Å². The Labute approximate surface area is 244 Å². The number of ether oxygens (including phenoxy) is 1. The number of fused-ring (bicyclic) bond motifs is 2. The number of hydrogen-bond donors (Lipinski definition) is 3. The molecule has 0 spiro atoms. The van der Waals surface area contributed by atoms with E-state index in [1.54, 1.807) is 12.1 Å². The first-order chi connectivity index (χ1) is 19.8. The maximum atomic E-state index is 13.1. The van der Waals surface area contributed by atoms with E-state index in [2.05, 4.69) is 20.9 Å². The zero-order valence-electron chi connectivity index (χ0n) is 21.9. The Morgan fingerprint density at radius 3 is 2.68 bits per heavy atom. The number of nitrogens with one attached hydrogen (secondary N) is 3. The lowest BCUT2D eigenvalue weighted by molar-refractivity contribution is -0.136. The summed E-state index contributed by atoms with van der Waals surface area (Å²) in [5, 5.41) is 9.54. The number of rotatable bonds is 7. The van der Waals surface area contributed by atoms with Crippen LogP contribution >= 0.6 is 22.9 Å². The lowest BCUT2D eigenvalue weighted by atomic mass is 9.96. The smallest absolute Gasteiger partial charge is 0.320 e. The van der Waals surface area contributed by atoms with Gasteiger partial charge in [0.25, 0.3) is 5.91 Å². The lowest BCUT2D eigenvalue weighted by Gasteiger charge is -2.29. The monoisotopic (exact) mass is 594 g/mol. The van der Waals surface area contributed by atoms with Crippen LogP contribution in [0.15, 0.2) is 24.3 Å². The third kappa shape index (κ3) is 5.10. The van der Waals surface area contributed by atoms with Crippen molar-refractivity contribution >= 4 is 62.7 Å². The molecule has 2 unspecified atom stereocenters. The number of aromatic nitrogens is 2. The minimum Gasteiger partial charge on any atom is -0.488 e. The average molecular weight is 595 g/mol. The molecule has 13 heteroatoms. The lowest BCUT2D eigenvalue weighted by Crippen LogP contribution is -2.52. The molecule has 3 fully saturated rings. The van der Waals surface area contributed by atoms with E-state index in [-0.39, 0.29) is 49.3 Å². The van der Waals surface area contributed by atoms with Gasteiger partial charge in [0.1, 0.15) is 28.1 Å². The number of carbonyl (C=O) groups excluding carboxylic acids is 4. The first-order valence-electron chi connectivity index (χ1n) is 13.8. The second-order valence-corrected chi connectivity index (χ2v) is 12.5. The third-order valence-corrected chi connectivity index (χ3v) is 9.35. The summed E-state index contributed by atoms with van der Waals surface area (Å²) in [7, 11) is 0. The highest BCUT2D eigenvalue weighted by Crippen LogP contribution is 2.45. The summed E-state index contributed by atoms with van der Waals surface area (Å²) >= 11 is 7.88. The summed E-state index contributed by atoms with van der Waals surface area (Å²) in [6, 6.07) is 5.43. The Morgan fingerprint density at radius 1 is 1.12 bits per heavy atom. The molecule has 4 aliphatic rings. The number of halogens is 1. The molecule has 7 rings (SSSR count). The van der Waals surface area contributed by atoms with Crippen LogP contribution in [0.1, 0.15) is 72.0 Å². The number of benzene rings is 1. The van der Waals surface area contributed by atoms with Gasteiger partial charge in [-0.05, 0) is 62.6 Å². The number of imide groups is 1. The van der Waals surface area contributed by atoms with Crippen molar-refractivity contribution in [3.63, 3.8) is 0 Å². The van der Waals surface area contributed by atoms with Gasteiger partial charge >= 0.3 is 6.03 Å². The minimum absolute atomic E-state index is 0.127. The first kappa shape index (κ1) is 26.1. The van der Waals surface area contributed by atoms with Crippen molar-refractivity contribution in [2.24, 2.45) is 5.92 Å². The molecule has 41 heavy (non-hydrogen) atoms. The van der Waals surface area contributed by atoms with E-state index < -0.39 is 18.0 Å². The van der Waals surface area contributed by atoms with Crippen LogP contribution in [0.25, 0.3) is 10.2 Å². The van der Waals surface area contributed by atoms with E-state index in [1.165, 1.54) is 16.2 Å². The quantitative estimate of drug-likeness (QED) is 0.346. The van der Waals surface area contributed by atoms with Crippen LogP contribution < -0.4 is 20.7 Å². The summed E-state index contributed by atoms with van der Waals surface area (Å²) in [4.78, 5) is 60.7. The third-order valence-electron chi connectivity index (χ3n) is 8.05. The van der Waals surface area contributed by atoms with Crippen LogP contribution in [0, 0.1) is 5.92 Å². The Balaban J connectivity index is 1.06. The topological polar surface area (TPSA) is 143 Å². The molecule has 4 heterocycles. The van der Waals surface area contributed by atoms with Crippen molar-refractivity contribution in [2.75, 3.05) is 5.32 Å². The number of hydrogen-bond acceptors (Lipinski definition) is 8. The zero-order chi connectivity index (χ0) is 28.2. The van der Waals surface area contributed by atoms with E-state index in [9.17, 15) is 19.2 Å². The molecule has 2 aromatic heterocycles. The molecular formula is C28H27ClN6O5S. The molecule has 1 saturated heterocycles. The number of amides is 5. The van der Waals surface area contributed by atoms with Crippen molar-refractivity contribution in [3.05, 3.63) is 45.6 Å². The van der Waals surface area contributed by atoms with Crippen LogP contribution in [0.5, 0.6) is 5.75 Å². The van der Waals surface area contributed by atoms with Crippen LogP contribution in [0.2, 0.25) is 5.02 Å². The summed E-state index contributed by atoms with van der Waals surface area (Å²) in [6.45, 7) is 0.127. The van der Waals surface area contributed by atoms with Gasteiger partial charge in [0.05, 0.1) is 34.6 Å². The van der Waals surface area contributed by atoms with E-state index in [0.29, 0.717) is 27.8 Å². The fourth-order valence-electron chi connectivity index (χ4n) is 5.48. The van der Waals surface area contributed by atoms with Crippen molar-refractivity contribution in [1.29, 1.82) is 0 Å². The Hall–Kier alpha value is -3.77. The van der Waals surface area contributed by atoms with Gasteiger partial charge in [-0.3, -0.25) is 25.0 Å². The van der Waals surface area contributed by atoms with Crippen LogP contribution in [0.3, 0.4) is 0 Å². The average Bonchev–Trinajstić information content (AvgIpc) is 3.58. The van der Waals surface area contributed by atoms with Gasteiger partial charge in [-0.15, -0.1) is 11.3 Å². The summed E-state index contributed by atoms with van der Waals surface area (Å²) in [5.74, 6) is 0.115. The van der Waals surface area contributed by atoms with Gasteiger partial charge < -0.3 is 15.0 Å². The molecule has 2 aliphatic heterocycles. The van der Waals surface area contributed by atoms with E-state index in [0.717, 1.165) is 47.3 Å². The number of urea groups is 1. The summed E-state index contributed by atoms with van der Waals surface area (Å²) in [6.07, 6.45) is 5.82. The van der Waals surface area contributed by atoms with Gasteiger partial charge in [-0.1, -0.05) is 11.6 Å². The fourth-order valence-corrected chi connectivity index (χ4v) is 6.93. The van der Waals surface area contributed by atoms with Gasteiger partial charge in [-0.2, -0.15) is 0 Å². The van der Waals surface area contributed by atoms with E-state index in [1.807, 2.05) is 12.1 Å². The molecule has 2 aliphatic carbocycles. The molecule has 2 saturated carbocycles. The molecule has 212 valence electrons. The largest absolute Gasteiger partial charge is 0.488 e. The zero-order valence-corrected chi connectivity index (χ0v) is 23.5. The number of piperidine rings is 1. The van der Waals surface area contributed by atoms with Crippen LogP contribution in [-0.4, -0.2) is 50.8 Å². The highest BCUT2D eigenvalue weighted by atomic mass is 35.5. The van der Waals surface area contributed by atoms with Crippen LogP contribution in [0.4, 0.5) is 10.6 Å². The second kappa shape index (κ2) is 10.3. The SMILES string of the molecule is O=C1CCC(N2Cc3nc(NC(=O)NC(c4nc5c(OC6CCC6)cc(Cl)cc5s4)C4CC4)ccc3C2=O)C(=O)N1. The number of nitrogens with zero attached hydrogens (tertiary/aromatic N) is 3. The predicted octanol–water partition coefficient (Wildman–Crippen LogP) is 4.31. The molecule has 0 bridgehead atoms. The second-order valence-electron chi connectivity index (χ2n) is 11.0. The predicted molar refractivity (Wildman–Crippen MR) is 151 cm³/mol. The standard InChI is InChI=1S/C28H27ClN6O5S/c29-14-10-19(40-15-2-1-3-15)24-20(11-14)41-26(33-24)23(13-4-5-13)34-28(39)31-21-8-6-16-17(30-21)12-35(27(16)38)18-7-9-22(36)32-25(18)37/h6,8,10-11,13,15,18,23H,1-5,7,9,12H2,(H,32,36,37)(H2,30,31,34,39). The maximum absolute atomic E-state index is 13.1. The summed E-state index contributed by atoms with van der Waals surface area (Å²) in [5.41, 5.74) is 1.61. The molecule has 1 aromatic carbocycles. The molecule has 0 radical (unpaired) electrons. The number of thiazole rings is 1. The van der Waals surface area contributed by atoms with Gasteiger partial charge in [0.15, 0.2) is 0 Å². The first-order valence-corrected chi connectivity index (χ1v) is 15.0. The molecule has 3 N–H and O–H groups in total. The van der Waals surface area contributed by atoms with Gasteiger partial charge in [0, 0.05) is 17.5 Å². The minimum atomic E-state index is -0.725. The Bertz CT molecular complexity index is 1600. The maximum Gasteiger partial charge on any atom is 0.320 e. The van der Waals surface area contributed by atoms with Gasteiger partial charge in [-0.25, -0.2) is 14.8 Å². The summed E-state index contributed by atoms with van der Waals surface area (Å²) < 4.78 is 7.08. The number of pyridine rings is 1. The van der Waals surface area contributed by atoms with Crippen molar-refractivity contribution in [3.8, 4) is 5.75 Å². The molecule has 5 amide bonds. The van der Waals surface area contributed by atoms with E-state index in [4.69, 9.17) is 21.3 Å². The van der Waals surface area contributed by atoms with Crippen molar-refractivity contribution < 1.29 is 23.9 Å². The Kier molecular flexibility index (Phi) is 6.54. The van der Waals surface area contributed by atoms with Crippen molar-refractivity contribution in [2.45, 2.75) is 69.7 Å². The molecular weight excluding hydrogens is 568 g/mol. The number of anilines is 1. The highest BCUT2D eigenvalue weighted by molar-refractivity contribution is 7.18. The normalized spacial score (nSPS) is 21.3. The fraction of sp³-hybridized carbons (Fsp3) is 0.429. The Morgan fingerprint density at radius 2 is 1.95 bits per heavy atom. The highest BCUT2D eigenvalue weighted by Gasteiger charge is 2.40. The number of carbonyl (C=O) groups is 4. The molecule has 3 aromatic rings. The van der Waals surface area contributed by atoms with Crippen molar-refractivity contribution in [1.82, 2.24) is 25.5 Å². The molecule has 11 nitrogen and oxygen atoms in total.